The lowest BCUT2D eigenvalue weighted by atomic mass is 9.97. The highest BCUT2D eigenvalue weighted by Gasteiger charge is 2.23. The van der Waals surface area contributed by atoms with E-state index in [1.54, 1.807) is 17.0 Å². The molecule has 2 aromatic carbocycles. The molecule has 1 aliphatic heterocycles. The van der Waals surface area contributed by atoms with Gasteiger partial charge in [-0.2, -0.15) is 0 Å². The number of hydrogen-bond donors (Lipinski definition) is 2. The third-order valence-corrected chi connectivity index (χ3v) is 5.30. The van der Waals surface area contributed by atoms with Gasteiger partial charge in [-0.3, -0.25) is 9.59 Å². The van der Waals surface area contributed by atoms with Crippen molar-refractivity contribution in [3.8, 4) is 0 Å². The Bertz CT molecular complexity index is 1120. The lowest BCUT2D eigenvalue weighted by Gasteiger charge is -2.28. The molecule has 138 valence electrons. The van der Waals surface area contributed by atoms with Crippen LogP contribution in [0.1, 0.15) is 23.1 Å². The highest BCUT2D eigenvalue weighted by molar-refractivity contribution is 6.31. The number of carbonyl (C=O) groups is 1. The van der Waals surface area contributed by atoms with Crippen LogP contribution in [0.2, 0.25) is 5.02 Å². The van der Waals surface area contributed by atoms with Gasteiger partial charge in [0.25, 0.3) is 5.56 Å². The number of H-pyrrole nitrogens is 1. The normalized spacial score (nSPS) is 13.7. The fourth-order valence-electron chi connectivity index (χ4n) is 3.71. The molecule has 0 fully saturated rings. The Hall–Kier alpha value is -2.79. The average molecular weight is 382 g/mol. The monoisotopic (exact) mass is 381 g/mol. The standard InChI is InChI=1S/C21H20ClN3O2/c1-12-7-17(10-13-3-6-19(26)25(2)20(12)13)23-11-15-8-14-9-16(22)4-5-18(14)24-21(15)27/h4-5,7-10,23H,3,6,11H2,1-2H3,(H,24,27). The van der Waals surface area contributed by atoms with Gasteiger partial charge < -0.3 is 15.2 Å². The smallest absolute Gasteiger partial charge is 0.253 e. The Kier molecular flexibility index (Phi) is 4.40. The second kappa shape index (κ2) is 6.74. The number of rotatable bonds is 3. The molecule has 0 saturated heterocycles. The second-order valence-electron chi connectivity index (χ2n) is 6.96. The van der Waals surface area contributed by atoms with Gasteiger partial charge in [-0.05, 0) is 60.9 Å². The summed E-state index contributed by atoms with van der Waals surface area (Å²) in [5, 5.41) is 4.88. The summed E-state index contributed by atoms with van der Waals surface area (Å²) in [4.78, 5) is 28.9. The van der Waals surface area contributed by atoms with Crippen LogP contribution >= 0.6 is 11.6 Å². The van der Waals surface area contributed by atoms with E-state index >= 15 is 0 Å². The molecule has 3 aromatic rings. The lowest BCUT2D eigenvalue weighted by molar-refractivity contribution is -0.118. The van der Waals surface area contributed by atoms with Gasteiger partial charge in [0.05, 0.1) is 0 Å². The molecule has 1 aliphatic rings. The SMILES string of the molecule is Cc1cc(NCc2cc3cc(Cl)ccc3[nH]c2=O)cc2c1N(C)C(=O)CC2. The van der Waals surface area contributed by atoms with Crippen LogP contribution in [0, 0.1) is 6.92 Å². The molecule has 27 heavy (non-hydrogen) atoms. The van der Waals surface area contributed by atoms with E-state index in [0.29, 0.717) is 23.6 Å². The topological polar surface area (TPSA) is 65.2 Å². The molecule has 0 atom stereocenters. The molecule has 1 aromatic heterocycles. The summed E-state index contributed by atoms with van der Waals surface area (Å²) < 4.78 is 0. The molecule has 0 bridgehead atoms. The number of nitrogens with one attached hydrogen (secondary N) is 2. The quantitative estimate of drug-likeness (QED) is 0.720. The molecule has 4 rings (SSSR count). The number of nitrogens with zero attached hydrogens (tertiary/aromatic N) is 1. The summed E-state index contributed by atoms with van der Waals surface area (Å²) in [6.07, 6.45) is 1.27. The van der Waals surface area contributed by atoms with Gasteiger partial charge in [0.2, 0.25) is 5.91 Å². The van der Waals surface area contributed by atoms with Crippen LogP contribution in [0.5, 0.6) is 0 Å². The van der Waals surface area contributed by atoms with Crippen molar-refractivity contribution in [1.82, 2.24) is 4.98 Å². The van der Waals surface area contributed by atoms with E-state index in [9.17, 15) is 9.59 Å². The first-order valence-corrected chi connectivity index (χ1v) is 9.25. The summed E-state index contributed by atoms with van der Waals surface area (Å²) in [7, 11) is 1.82. The van der Waals surface area contributed by atoms with Crippen LogP contribution in [0.25, 0.3) is 10.9 Å². The van der Waals surface area contributed by atoms with Crippen molar-refractivity contribution >= 4 is 39.8 Å². The van der Waals surface area contributed by atoms with Gasteiger partial charge in [-0.25, -0.2) is 0 Å². The highest BCUT2D eigenvalue weighted by Crippen LogP contribution is 2.33. The minimum atomic E-state index is -0.114. The van der Waals surface area contributed by atoms with E-state index in [-0.39, 0.29) is 11.5 Å². The molecule has 6 heteroatoms. The number of carbonyl (C=O) groups excluding carboxylic acids is 1. The molecular formula is C21H20ClN3O2. The maximum absolute atomic E-state index is 12.3. The number of amides is 1. The minimum absolute atomic E-state index is 0.114. The number of anilines is 2. The first-order chi connectivity index (χ1) is 12.9. The Morgan fingerprint density at radius 2 is 1.96 bits per heavy atom. The molecule has 0 spiro atoms. The zero-order valence-electron chi connectivity index (χ0n) is 15.2. The van der Waals surface area contributed by atoms with Crippen molar-refractivity contribution in [3.05, 3.63) is 68.5 Å². The van der Waals surface area contributed by atoms with Gasteiger partial charge in [0, 0.05) is 52.9 Å². The van der Waals surface area contributed by atoms with E-state index in [0.717, 1.165) is 39.8 Å². The number of benzene rings is 2. The predicted octanol–water partition coefficient (Wildman–Crippen LogP) is 4.01. The fourth-order valence-corrected chi connectivity index (χ4v) is 3.89. The number of aryl methyl sites for hydroxylation is 2. The van der Waals surface area contributed by atoms with E-state index in [4.69, 9.17) is 11.6 Å². The molecule has 1 amide bonds. The van der Waals surface area contributed by atoms with Crippen molar-refractivity contribution in [2.45, 2.75) is 26.3 Å². The molecule has 0 radical (unpaired) electrons. The Morgan fingerprint density at radius 1 is 1.15 bits per heavy atom. The fraction of sp³-hybridized carbons (Fsp3) is 0.238. The Labute approximate surface area is 162 Å². The first kappa shape index (κ1) is 17.6. The van der Waals surface area contributed by atoms with Crippen molar-refractivity contribution in [2.75, 3.05) is 17.3 Å². The van der Waals surface area contributed by atoms with Gasteiger partial charge in [0.15, 0.2) is 0 Å². The van der Waals surface area contributed by atoms with Crippen molar-refractivity contribution in [1.29, 1.82) is 0 Å². The second-order valence-corrected chi connectivity index (χ2v) is 7.40. The number of halogens is 1. The Balaban J connectivity index is 1.62. The third kappa shape index (κ3) is 3.30. The van der Waals surface area contributed by atoms with E-state index < -0.39 is 0 Å². The van der Waals surface area contributed by atoms with Gasteiger partial charge in [-0.15, -0.1) is 0 Å². The number of hydrogen-bond acceptors (Lipinski definition) is 3. The molecular weight excluding hydrogens is 362 g/mol. The van der Waals surface area contributed by atoms with Gasteiger partial charge in [-0.1, -0.05) is 11.6 Å². The zero-order valence-corrected chi connectivity index (χ0v) is 16.0. The molecule has 0 saturated carbocycles. The molecule has 2 N–H and O–H groups in total. The highest BCUT2D eigenvalue weighted by atomic mass is 35.5. The summed E-state index contributed by atoms with van der Waals surface area (Å²) >= 11 is 6.06. The lowest BCUT2D eigenvalue weighted by Crippen LogP contribution is -2.31. The van der Waals surface area contributed by atoms with Crippen molar-refractivity contribution in [2.24, 2.45) is 0 Å². The maximum Gasteiger partial charge on any atom is 0.253 e. The minimum Gasteiger partial charge on any atom is -0.381 e. The number of pyridine rings is 1. The zero-order chi connectivity index (χ0) is 19.1. The number of aromatic nitrogens is 1. The van der Waals surface area contributed by atoms with E-state index in [1.165, 1.54) is 0 Å². The Morgan fingerprint density at radius 3 is 2.78 bits per heavy atom. The number of aromatic amines is 1. The summed E-state index contributed by atoms with van der Waals surface area (Å²) in [6, 6.07) is 11.4. The predicted molar refractivity (Wildman–Crippen MR) is 110 cm³/mol. The van der Waals surface area contributed by atoms with E-state index in [1.807, 2.05) is 32.2 Å². The van der Waals surface area contributed by atoms with Gasteiger partial charge in [0.1, 0.15) is 0 Å². The molecule has 5 nitrogen and oxygen atoms in total. The molecule has 0 unspecified atom stereocenters. The van der Waals surface area contributed by atoms with Crippen LogP contribution < -0.4 is 15.8 Å². The van der Waals surface area contributed by atoms with Crippen LogP contribution in [0.15, 0.2) is 41.2 Å². The summed E-state index contributed by atoms with van der Waals surface area (Å²) in [5.41, 5.74) is 5.44. The molecule has 2 heterocycles. The van der Waals surface area contributed by atoms with Crippen molar-refractivity contribution in [3.63, 3.8) is 0 Å². The van der Waals surface area contributed by atoms with Crippen LogP contribution in [-0.4, -0.2) is 17.9 Å². The van der Waals surface area contributed by atoms with Crippen LogP contribution in [0.4, 0.5) is 11.4 Å². The van der Waals surface area contributed by atoms with Gasteiger partial charge >= 0.3 is 0 Å². The maximum atomic E-state index is 12.3. The van der Waals surface area contributed by atoms with E-state index in [2.05, 4.69) is 16.4 Å². The van der Waals surface area contributed by atoms with Crippen LogP contribution in [0.3, 0.4) is 0 Å². The summed E-state index contributed by atoms with van der Waals surface area (Å²) in [5.74, 6) is 0.146. The summed E-state index contributed by atoms with van der Waals surface area (Å²) in [6.45, 7) is 2.41. The number of fused-ring (bicyclic) bond motifs is 2. The third-order valence-electron chi connectivity index (χ3n) is 5.06. The van der Waals surface area contributed by atoms with Crippen LogP contribution in [-0.2, 0) is 17.8 Å². The average Bonchev–Trinajstić information content (AvgIpc) is 2.63. The first-order valence-electron chi connectivity index (χ1n) is 8.88. The van der Waals surface area contributed by atoms with Crippen molar-refractivity contribution < 1.29 is 4.79 Å². The largest absolute Gasteiger partial charge is 0.381 e. The molecule has 0 aliphatic carbocycles.